The van der Waals surface area contributed by atoms with Crippen LogP contribution in [0.15, 0.2) is 12.2 Å². The van der Waals surface area contributed by atoms with Crippen molar-refractivity contribution in [2.45, 2.75) is 26.2 Å². The average molecular weight is 208 g/mol. The fourth-order valence-electron chi connectivity index (χ4n) is 2.54. The molecule has 1 fully saturated rings. The average Bonchev–Trinajstić information content (AvgIpc) is 2.79. The monoisotopic (exact) mass is 208 g/mol. The van der Waals surface area contributed by atoms with Crippen molar-refractivity contribution in [1.29, 1.82) is 0 Å². The SMILES string of the molecule is CCC1(C(=O)N2CC=CCC2)CCNC1. The van der Waals surface area contributed by atoms with Gasteiger partial charge in [-0.1, -0.05) is 19.1 Å². The second-order valence-electron chi connectivity index (χ2n) is 4.57. The number of hydrogen-bond donors (Lipinski definition) is 1. The number of carbonyl (C=O) groups excluding carboxylic acids is 1. The Balaban J connectivity index is 2.07. The van der Waals surface area contributed by atoms with Crippen LogP contribution in [-0.2, 0) is 4.79 Å². The maximum Gasteiger partial charge on any atom is 0.230 e. The van der Waals surface area contributed by atoms with Crippen molar-refractivity contribution in [2.75, 3.05) is 26.2 Å². The normalized spacial score (nSPS) is 30.9. The second-order valence-corrected chi connectivity index (χ2v) is 4.57. The summed E-state index contributed by atoms with van der Waals surface area (Å²) in [6.07, 6.45) is 7.24. The molecule has 1 unspecified atom stereocenters. The van der Waals surface area contributed by atoms with Crippen molar-refractivity contribution in [2.24, 2.45) is 5.41 Å². The molecule has 0 saturated carbocycles. The molecule has 2 heterocycles. The maximum absolute atomic E-state index is 12.4. The zero-order valence-corrected chi connectivity index (χ0v) is 9.46. The van der Waals surface area contributed by atoms with Gasteiger partial charge in [0.15, 0.2) is 0 Å². The number of hydrogen-bond acceptors (Lipinski definition) is 2. The molecule has 84 valence electrons. The molecule has 2 aliphatic heterocycles. The summed E-state index contributed by atoms with van der Waals surface area (Å²) in [4.78, 5) is 14.4. The highest BCUT2D eigenvalue weighted by molar-refractivity contribution is 5.83. The molecule has 1 saturated heterocycles. The van der Waals surface area contributed by atoms with Crippen molar-refractivity contribution in [3.63, 3.8) is 0 Å². The lowest BCUT2D eigenvalue weighted by Gasteiger charge is -2.33. The first-order chi connectivity index (χ1) is 7.28. The van der Waals surface area contributed by atoms with E-state index in [0.29, 0.717) is 5.91 Å². The van der Waals surface area contributed by atoms with Gasteiger partial charge in [-0.25, -0.2) is 0 Å². The van der Waals surface area contributed by atoms with Crippen LogP contribution in [0.3, 0.4) is 0 Å². The number of nitrogens with zero attached hydrogens (tertiary/aromatic N) is 1. The highest BCUT2D eigenvalue weighted by Crippen LogP contribution is 2.32. The third-order valence-electron chi connectivity index (χ3n) is 3.72. The van der Waals surface area contributed by atoms with Crippen LogP contribution in [0.25, 0.3) is 0 Å². The van der Waals surface area contributed by atoms with Gasteiger partial charge in [0.25, 0.3) is 0 Å². The van der Waals surface area contributed by atoms with Crippen LogP contribution < -0.4 is 5.32 Å². The second kappa shape index (κ2) is 4.35. The summed E-state index contributed by atoms with van der Waals surface area (Å²) in [6, 6.07) is 0. The van der Waals surface area contributed by atoms with Crippen LogP contribution in [0, 0.1) is 5.41 Å². The molecule has 0 spiro atoms. The Morgan fingerprint density at radius 1 is 1.53 bits per heavy atom. The Labute approximate surface area is 91.5 Å². The molecular weight excluding hydrogens is 188 g/mol. The van der Waals surface area contributed by atoms with Gasteiger partial charge >= 0.3 is 0 Å². The van der Waals surface area contributed by atoms with E-state index in [-0.39, 0.29) is 5.41 Å². The van der Waals surface area contributed by atoms with Gasteiger partial charge in [0.2, 0.25) is 5.91 Å². The molecule has 3 nitrogen and oxygen atoms in total. The molecule has 1 atom stereocenters. The third-order valence-corrected chi connectivity index (χ3v) is 3.72. The summed E-state index contributed by atoms with van der Waals surface area (Å²) in [5, 5.41) is 3.32. The van der Waals surface area contributed by atoms with Gasteiger partial charge in [0.05, 0.1) is 5.41 Å². The molecule has 0 aromatic rings. The summed E-state index contributed by atoms with van der Waals surface area (Å²) in [6.45, 7) is 5.69. The van der Waals surface area contributed by atoms with E-state index in [1.165, 1.54) is 0 Å². The fraction of sp³-hybridized carbons (Fsp3) is 0.750. The predicted molar refractivity (Wildman–Crippen MR) is 60.5 cm³/mol. The summed E-state index contributed by atoms with van der Waals surface area (Å²) in [5.41, 5.74) is -0.106. The van der Waals surface area contributed by atoms with Crippen LogP contribution >= 0.6 is 0 Å². The van der Waals surface area contributed by atoms with Crippen LogP contribution in [0.2, 0.25) is 0 Å². The minimum absolute atomic E-state index is 0.106. The summed E-state index contributed by atoms with van der Waals surface area (Å²) >= 11 is 0. The quantitative estimate of drug-likeness (QED) is 0.691. The Morgan fingerprint density at radius 2 is 2.40 bits per heavy atom. The molecular formula is C12H20N2O. The lowest BCUT2D eigenvalue weighted by molar-refractivity contribution is -0.141. The zero-order valence-electron chi connectivity index (χ0n) is 9.46. The van der Waals surface area contributed by atoms with E-state index >= 15 is 0 Å². The first-order valence-corrected chi connectivity index (χ1v) is 5.93. The highest BCUT2D eigenvalue weighted by Gasteiger charge is 2.41. The number of rotatable bonds is 2. The van der Waals surface area contributed by atoms with E-state index in [1.54, 1.807) is 0 Å². The van der Waals surface area contributed by atoms with Crippen molar-refractivity contribution in [1.82, 2.24) is 10.2 Å². The molecule has 0 radical (unpaired) electrons. The van der Waals surface area contributed by atoms with Crippen molar-refractivity contribution in [3.8, 4) is 0 Å². The summed E-state index contributed by atoms with van der Waals surface area (Å²) in [7, 11) is 0. The smallest absolute Gasteiger partial charge is 0.230 e. The van der Waals surface area contributed by atoms with E-state index in [0.717, 1.165) is 45.4 Å². The number of nitrogens with one attached hydrogen (secondary N) is 1. The van der Waals surface area contributed by atoms with E-state index < -0.39 is 0 Å². The molecule has 1 N–H and O–H groups in total. The molecule has 2 rings (SSSR count). The van der Waals surface area contributed by atoms with E-state index in [2.05, 4.69) is 24.4 Å². The van der Waals surface area contributed by atoms with Crippen molar-refractivity contribution in [3.05, 3.63) is 12.2 Å². The highest BCUT2D eigenvalue weighted by atomic mass is 16.2. The Kier molecular flexibility index (Phi) is 3.10. The Bertz CT molecular complexity index is 267. The molecule has 15 heavy (non-hydrogen) atoms. The molecule has 0 aromatic carbocycles. The maximum atomic E-state index is 12.4. The largest absolute Gasteiger partial charge is 0.338 e. The van der Waals surface area contributed by atoms with Gasteiger partial charge < -0.3 is 10.2 Å². The van der Waals surface area contributed by atoms with Crippen LogP contribution in [0.4, 0.5) is 0 Å². The zero-order chi connectivity index (χ0) is 10.7. The first-order valence-electron chi connectivity index (χ1n) is 5.93. The van der Waals surface area contributed by atoms with Crippen molar-refractivity contribution < 1.29 is 4.79 Å². The summed E-state index contributed by atoms with van der Waals surface area (Å²) < 4.78 is 0. The molecule has 0 aliphatic carbocycles. The topological polar surface area (TPSA) is 32.3 Å². The molecule has 1 amide bonds. The molecule has 2 aliphatic rings. The van der Waals surface area contributed by atoms with E-state index in [4.69, 9.17) is 0 Å². The van der Waals surface area contributed by atoms with Gasteiger partial charge in [-0.05, 0) is 25.8 Å². The van der Waals surface area contributed by atoms with Crippen LogP contribution in [0.5, 0.6) is 0 Å². The van der Waals surface area contributed by atoms with Gasteiger partial charge in [0.1, 0.15) is 0 Å². The van der Waals surface area contributed by atoms with Gasteiger partial charge in [-0.2, -0.15) is 0 Å². The lowest BCUT2D eigenvalue weighted by Crippen LogP contribution is -2.46. The van der Waals surface area contributed by atoms with Gasteiger partial charge in [0, 0.05) is 19.6 Å². The third kappa shape index (κ3) is 1.93. The van der Waals surface area contributed by atoms with Crippen LogP contribution in [-0.4, -0.2) is 37.0 Å². The minimum atomic E-state index is -0.106. The number of carbonyl (C=O) groups is 1. The summed E-state index contributed by atoms with van der Waals surface area (Å²) in [5.74, 6) is 0.361. The van der Waals surface area contributed by atoms with Crippen LogP contribution in [0.1, 0.15) is 26.2 Å². The van der Waals surface area contributed by atoms with E-state index in [9.17, 15) is 4.79 Å². The Hall–Kier alpha value is -0.830. The van der Waals surface area contributed by atoms with E-state index in [1.807, 2.05) is 4.90 Å². The van der Waals surface area contributed by atoms with Gasteiger partial charge in [-0.3, -0.25) is 4.79 Å². The standard InChI is InChI=1S/C12H20N2O/c1-2-12(6-7-13-10-12)11(15)14-8-4-3-5-9-14/h3-4,13H,2,5-10H2,1H3. The van der Waals surface area contributed by atoms with Gasteiger partial charge in [-0.15, -0.1) is 0 Å². The minimum Gasteiger partial charge on any atom is -0.338 e. The van der Waals surface area contributed by atoms with Crippen molar-refractivity contribution >= 4 is 5.91 Å². The lowest BCUT2D eigenvalue weighted by atomic mass is 9.82. The predicted octanol–water partition coefficient (Wildman–Crippen LogP) is 1.16. The Morgan fingerprint density at radius 3 is 2.93 bits per heavy atom. The molecule has 0 aromatic heterocycles. The molecule has 0 bridgehead atoms. The molecule has 3 heteroatoms. The first kappa shape index (κ1) is 10.7. The fourth-order valence-corrected chi connectivity index (χ4v) is 2.54. The number of amides is 1.